The summed E-state index contributed by atoms with van der Waals surface area (Å²) < 4.78 is 32.1. The Bertz CT molecular complexity index is 538. The van der Waals surface area contributed by atoms with Crippen molar-refractivity contribution < 1.29 is 17.9 Å². The van der Waals surface area contributed by atoms with Crippen LogP contribution in [0.1, 0.15) is 20.3 Å². The molecular formula is C10H18N4O4S. The second-order valence-electron chi connectivity index (χ2n) is 3.77. The minimum atomic E-state index is -3.86. The predicted octanol–water partition coefficient (Wildman–Crippen LogP) is -0.283. The van der Waals surface area contributed by atoms with Crippen molar-refractivity contribution in [3.8, 4) is 0 Å². The molecule has 108 valence electrons. The zero-order valence-corrected chi connectivity index (χ0v) is 11.7. The lowest BCUT2D eigenvalue weighted by Gasteiger charge is -2.04. The van der Waals surface area contributed by atoms with Crippen LogP contribution in [0.4, 0.5) is 5.82 Å². The molecule has 0 fully saturated rings. The molecule has 0 aliphatic heterocycles. The van der Waals surface area contributed by atoms with Gasteiger partial charge in [-0.3, -0.25) is 9.48 Å². The Morgan fingerprint density at radius 2 is 2.21 bits per heavy atom. The van der Waals surface area contributed by atoms with Gasteiger partial charge in [0.05, 0.1) is 6.61 Å². The van der Waals surface area contributed by atoms with Gasteiger partial charge in [0, 0.05) is 12.7 Å². The van der Waals surface area contributed by atoms with Crippen LogP contribution in [-0.4, -0.2) is 37.3 Å². The monoisotopic (exact) mass is 290 g/mol. The third-order valence-corrected chi connectivity index (χ3v) is 3.63. The SMILES string of the molecule is CCCn1cc(S(=O)(=O)NCC(=O)OCC)c(N)n1. The van der Waals surface area contributed by atoms with E-state index < -0.39 is 22.5 Å². The maximum absolute atomic E-state index is 11.9. The predicted molar refractivity (Wildman–Crippen MR) is 68.8 cm³/mol. The number of sulfonamides is 1. The third kappa shape index (κ3) is 4.21. The first-order chi connectivity index (χ1) is 8.90. The van der Waals surface area contributed by atoms with Crippen molar-refractivity contribution >= 4 is 21.8 Å². The number of carbonyl (C=O) groups is 1. The van der Waals surface area contributed by atoms with Gasteiger partial charge in [-0.25, -0.2) is 8.42 Å². The summed E-state index contributed by atoms with van der Waals surface area (Å²) in [4.78, 5) is 11.0. The normalized spacial score (nSPS) is 11.5. The first-order valence-electron chi connectivity index (χ1n) is 5.89. The van der Waals surface area contributed by atoms with Crippen molar-refractivity contribution in [1.29, 1.82) is 0 Å². The first kappa shape index (κ1) is 15.4. The number of nitrogens with two attached hydrogens (primary N) is 1. The zero-order chi connectivity index (χ0) is 14.5. The quantitative estimate of drug-likeness (QED) is 0.667. The van der Waals surface area contributed by atoms with E-state index >= 15 is 0 Å². The molecule has 9 heteroatoms. The maximum atomic E-state index is 11.9. The molecule has 0 unspecified atom stereocenters. The van der Waals surface area contributed by atoms with Gasteiger partial charge in [0.1, 0.15) is 11.4 Å². The summed E-state index contributed by atoms with van der Waals surface area (Å²) in [5.41, 5.74) is 5.56. The molecule has 0 saturated heterocycles. The number of aryl methyl sites for hydroxylation is 1. The van der Waals surface area contributed by atoms with E-state index in [1.54, 1.807) is 6.92 Å². The van der Waals surface area contributed by atoms with Gasteiger partial charge >= 0.3 is 5.97 Å². The Hall–Kier alpha value is -1.61. The van der Waals surface area contributed by atoms with Gasteiger partial charge in [-0.15, -0.1) is 0 Å². The van der Waals surface area contributed by atoms with Crippen molar-refractivity contribution in [3.63, 3.8) is 0 Å². The lowest BCUT2D eigenvalue weighted by molar-refractivity contribution is -0.141. The Morgan fingerprint density at radius 3 is 2.79 bits per heavy atom. The molecule has 0 saturated carbocycles. The van der Waals surface area contributed by atoms with Gasteiger partial charge in [0.2, 0.25) is 10.0 Å². The summed E-state index contributed by atoms with van der Waals surface area (Å²) in [6.45, 7) is 3.90. The van der Waals surface area contributed by atoms with Crippen LogP contribution in [0.25, 0.3) is 0 Å². The number of ether oxygens (including phenoxy) is 1. The van der Waals surface area contributed by atoms with E-state index in [9.17, 15) is 13.2 Å². The Balaban J connectivity index is 2.79. The largest absolute Gasteiger partial charge is 0.465 e. The van der Waals surface area contributed by atoms with E-state index in [0.717, 1.165) is 6.42 Å². The number of aromatic nitrogens is 2. The third-order valence-electron chi connectivity index (χ3n) is 2.21. The average molecular weight is 290 g/mol. The molecule has 0 spiro atoms. The minimum absolute atomic E-state index is 0.0928. The number of carbonyl (C=O) groups excluding carboxylic acids is 1. The summed E-state index contributed by atoms with van der Waals surface area (Å²) in [7, 11) is -3.86. The molecule has 1 aromatic rings. The summed E-state index contributed by atoms with van der Waals surface area (Å²) in [6.07, 6.45) is 2.14. The second-order valence-corrected chi connectivity index (χ2v) is 5.51. The highest BCUT2D eigenvalue weighted by Gasteiger charge is 2.22. The lowest BCUT2D eigenvalue weighted by Crippen LogP contribution is -2.31. The fourth-order valence-electron chi connectivity index (χ4n) is 1.41. The van der Waals surface area contributed by atoms with Gasteiger partial charge in [-0.2, -0.15) is 9.82 Å². The smallest absolute Gasteiger partial charge is 0.321 e. The van der Waals surface area contributed by atoms with Gasteiger partial charge in [-0.1, -0.05) is 6.92 Å². The summed E-state index contributed by atoms with van der Waals surface area (Å²) in [5.74, 6) is -0.740. The van der Waals surface area contributed by atoms with Crippen LogP contribution in [0, 0.1) is 0 Å². The van der Waals surface area contributed by atoms with E-state index in [-0.39, 0.29) is 17.3 Å². The van der Waals surface area contributed by atoms with Crippen molar-refractivity contribution in [3.05, 3.63) is 6.20 Å². The molecule has 8 nitrogen and oxygen atoms in total. The van der Waals surface area contributed by atoms with Crippen LogP contribution in [-0.2, 0) is 26.1 Å². The first-order valence-corrected chi connectivity index (χ1v) is 7.37. The Kier molecular flexibility index (Phi) is 5.31. The molecule has 19 heavy (non-hydrogen) atoms. The van der Waals surface area contributed by atoms with E-state index in [2.05, 4.69) is 14.6 Å². The van der Waals surface area contributed by atoms with Gasteiger partial charge in [0.15, 0.2) is 5.82 Å². The number of nitrogens with one attached hydrogen (secondary N) is 1. The topological polar surface area (TPSA) is 116 Å². The molecule has 0 aromatic carbocycles. The van der Waals surface area contributed by atoms with Crippen LogP contribution in [0.3, 0.4) is 0 Å². The molecule has 0 bridgehead atoms. The number of nitrogen functional groups attached to an aromatic ring is 1. The second kappa shape index (κ2) is 6.53. The minimum Gasteiger partial charge on any atom is -0.465 e. The van der Waals surface area contributed by atoms with Crippen molar-refractivity contribution in [2.45, 2.75) is 31.7 Å². The summed E-state index contributed by atoms with van der Waals surface area (Å²) in [5, 5.41) is 3.89. The fraction of sp³-hybridized carbons (Fsp3) is 0.600. The number of hydrogen-bond acceptors (Lipinski definition) is 6. The van der Waals surface area contributed by atoms with E-state index in [1.807, 2.05) is 6.92 Å². The van der Waals surface area contributed by atoms with Crippen LogP contribution in [0.5, 0.6) is 0 Å². The van der Waals surface area contributed by atoms with E-state index in [1.165, 1.54) is 10.9 Å². The molecule has 0 atom stereocenters. The molecular weight excluding hydrogens is 272 g/mol. The lowest BCUT2D eigenvalue weighted by atomic mass is 10.5. The summed E-state index contributed by atoms with van der Waals surface area (Å²) in [6, 6.07) is 0. The molecule has 1 heterocycles. The fourth-order valence-corrected chi connectivity index (χ4v) is 2.45. The van der Waals surface area contributed by atoms with Crippen LogP contribution in [0.15, 0.2) is 11.1 Å². The molecule has 1 rings (SSSR count). The van der Waals surface area contributed by atoms with Crippen LogP contribution in [0.2, 0.25) is 0 Å². The highest BCUT2D eigenvalue weighted by Crippen LogP contribution is 2.15. The zero-order valence-electron chi connectivity index (χ0n) is 10.9. The summed E-state index contributed by atoms with van der Waals surface area (Å²) >= 11 is 0. The van der Waals surface area contributed by atoms with E-state index in [4.69, 9.17) is 5.73 Å². The van der Waals surface area contributed by atoms with E-state index in [0.29, 0.717) is 6.54 Å². The van der Waals surface area contributed by atoms with Gasteiger partial charge < -0.3 is 10.5 Å². The highest BCUT2D eigenvalue weighted by atomic mass is 32.2. The average Bonchev–Trinajstić information content (AvgIpc) is 2.70. The van der Waals surface area contributed by atoms with Crippen LogP contribution < -0.4 is 10.5 Å². The van der Waals surface area contributed by atoms with Gasteiger partial charge in [-0.05, 0) is 13.3 Å². The van der Waals surface area contributed by atoms with Gasteiger partial charge in [0.25, 0.3) is 0 Å². The van der Waals surface area contributed by atoms with Crippen molar-refractivity contribution in [2.75, 3.05) is 18.9 Å². The Morgan fingerprint density at radius 1 is 1.53 bits per heavy atom. The molecule has 0 aliphatic rings. The molecule has 0 aliphatic carbocycles. The standard InChI is InChI=1S/C10H18N4O4S/c1-3-5-14-7-8(10(11)13-14)19(16,17)12-6-9(15)18-4-2/h7,12H,3-6H2,1-2H3,(H2,11,13). The molecule has 0 amide bonds. The Labute approximate surface area is 112 Å². The maximum Gasteiger partial charge on any atom is 0.321 e. The van der Waals surface area contributed by atoms with Crippen LogP contribution >= 0.6 is 0 Å². The molecule has 3 N–H and O–H groups in total. The number of hydrogen-bond donors (Lipinski definition) is 2. The number of nitrogens with zero attached hydrogens (tertiary/aromatic N) is 2. The highest BCUT2D eigenvalue weighted by molar-refractivity contribution is 7.89. The number of esters is 1. The number of anilines is 1. The number of rotatable bonds is 7. The molecule has 1 aromatic heterocycles. The molecule has 0 radical (unpaired) electrons. The van der Waals surface area contributed by atoms with Crippen molar-refractivity contribution in [1.82, 2.24) is 14.5 Å². The van der Waals surface area contributed by atoms with Crippen molar-refractivity contribution in [2.24, 2.45) is 0 Å².